The second kappa shape index (κ2) is 4.93. The first-order valence-corrected chi connectivity index (χ1v) is 5.53. The first kappa shape index (κ1) is 13.4. The molecule has 0 saturated carbocycles. The van der Waals surface area contributed by atoms with Crippen LogP contribution in [0.15, 0.2) is 36.4 Å². The van der Waals surface area contributed by atoms with E-state index in [2.05, 4.69) is 0 Å². The van der Waals surface area contributed by atoms with Gasteiger partial charge in [-0.3, -0.25) is 0 Å². The molecule has 4 N–H and O–H groups in total. The van der Waals surface area contributed by atoms with E-state index in [9.17, 15) is 19.8 Å². The van der Waals surface area contributed by atoms with Gasteiger partial charge < -0.3 is 20.4 Å². The van der Waals surface area contributed by atoms with Crippen LogP contribution in [0.3, 0.4) is 0 Å². The number of benzene rings is 2. The Labute approximate surface area is 113 Å². The topological polar surface area (TPSA) is 115 Å². The highest BCUT2D eigenvalue weighted by molar-refractivity contribution is 6.00. The molecule has 0 aliphatic carbocycles. The number of carboxylic acids is 2. The Morgan fingerprint density at radius 1 is 0.800 bits per heavy atom. The van der Waals surface area contributed by atoms with Crippen molar-refractivity contribution < 1.29 is 30.0 Å². The fourth-order valence-electron chi connectivity index (χ4n) is 1.83. The minimum Gasteiger partial charge on any atom is -0.508 e. The fourth-order valence-corrected chi connectivity index (χ4v) is 1.83. The van der Waals surface area contributed by atoms with Crippen LogP contribution >= 0.6 is 0 Å². The van der Waals surface area contributed by atoms with Crippen molar-refractivity contribution in [2.75, 3.05) is 0 Å². The maximum absolute atomic E-state index is 11.2. The van der Waals surface area contributed by atoms with Gasteiger partial charge in [-0.1, -0.05) is 0 Å². The predicted octanol–water partition coefficient (Wildman–Crippen LogP) is 2.16. The van der Waals surface area contributed by atoms with E-state index in [1.165, 1.54) is 18.2 Å². The van der Waals surface area contributed by atoms with E-state index in [1.54, 1.807) is 0 Å². The van der Waals surface area contributed by atoms with E-state index in [0.29, 0.717) is 0 Å². The first-order valence-electron chi connectivity index (χ1n) is 5.53. The smallest absolute Gasteiger partial charge is 0.336 e. The summed E-state index contributed by atoms with van der Waals surface area (Å²) in [5, 5.41) is 37.3. The number of aromatic hydroxyl groups is 2. The molecule has 0 aliphatic heterocycles. The lowest BCUT2D eigenvalue weighted by molar-refractivity contribution is 0.0682. The van der Waals surface area contributed by atoms with Crippen LogP contribution in [0.2, 0.25) is 0 Å². The van der Waals surface area contributed by atoms with Crippen LogP contribution in [-0.2, 0) is 0 Å². The van der Waals surface area contributed by atoms with Crippen molar-refractivity contribution in [2.24, 2.45) is 0 Å². The van der Waals surface area contributed by atoms with Crippen LogP contribution in [0.25, 0.3) is 11.1 Å². The number of carbonyl (C=O) groups is 2. The molecule has 0 unspecified atom stereocenters. The van der Waals surface area contributed by atoms with Gasteiger partial charge in [-0.05, 0) is 36.4 Å². The van der Waals surface area contributed by atoms with Crippen LogP contribution < -0.4 is 0 Å². The molecule has 0 amide bonds. The highest BCUT2D eigenvalue weighted by Crippen LogP contribution is 2.35. The number of rotatable bonds is 3. The van der Waals surface area contributed by atoms with Gasteiger partial charge in [-0.25, -0.2) is 9.59 Å². The zero-order chi connectivity index (χ0) is 14.9. The lowest BCUT2D eigenvalue weighted by atomic mass is 9.96. The molecule has 6 heteroatoms. The molecule has 0 spiro atoms. The summed E-state index contributed by atoms with van der Waals surface area (Å²) >= 11 is 0. The van der Waals surface area contributed by atoms with Gasteiger partial charge in [-0.2, -0.15) is 0 Å². The molecule has 20 heavy (non-hydrogen) atoms. The lowest BCUT2D eigenvalue weighted by Crippen LogP contribution is -2.03. The van der Waals surface area contributed by atoms with Crippen molar-refractivity contribution in [1.82, 2.24) is 0 Å². The fraction of sp³-hybridized carbons (Fsp3) is 0. The Morgan fingerprint density at radius 2 is 1.50 bits per heavy atom. The summed E-state index contributed by atoms with van der Waals surface area (Å²) in [7, 11) is 0. The molecular weight excluding hydrogens is 264 g/mol. The van der Waals surface area contributed by atoms with Crippen molar-refractivity contribution >= 4 is 11.9 Å². The number of phenolic OH excluding ortho intramolecular Hbond substituents is 2. The summed E-state index contributed by atoms with van der Waals surface area (Å²) in [6, 6.07) is 7.05. The normalized spacial score (nSPS) is 10.2. The summed E-state index contributed by atoms with van der Waals surface area (Å²) < 4.78 is 0. The summed E-state index contributed by atoms with van der Waals surface area (Å²) in [6.45, 7) is 0. The van der Waals surface area contributed by atoms with Crippen LogP contribution in [-0.4, -0.2) is 32.4 Å². The van der Waals surface area contributed by atoms with Crippen LogP contribution in [0.1, 0.15) is 20.7 Å². The number of hydrogen-bond acceptors (Lipinski definition) is 4. The molecule has 2 aromatic rings. The average Bonchev–Trinajstić information content (AvgIpc) is 2.40. The van der Waals surface area contributed by atoms with E-state index >= 15 is 0 Å². The minimum absolute atomic E-state index is 0.0193. The molecule has 0 atom stereocenters. The van der Waals surface area contributed by atoms with Crippen molar-refractivity contribution in [3.8, 4) is 22.6 Å². The van der Waals surface area contributed by atoms with Gasteiger partial charge in [0.1, 0.15) is 11.5 Å². The van der Waals surface area contributed by atoms with Gasteiger partial charge >= 0.3 is 11.9 Å². The molecule has 2 rings (SSSR count). The van der Waals surface area contributed by atoms with E-state index < -0.39 is 11.9 Å². The third kappa shape index (κ3) is 2.39. The molecule has 6 nitrogen and oxygen atoms in total. The molecule has 0 heterocycles. The Morgan fingerprint density at radius 3 is 2.10 bits per heavy atom. The molecule has 0 fully saturated rings. The van der Waals surface area contributed by atoms with Gasteiger partial charge in [0, 0.05) is 11.1 Å². The van der Waals surface area contributed by atoms with E-state index in [1.807, 2.05) is 0 Å². The largest absolute Gasteiger partial charge is 0.508 e. The molecule has 2 aromatic carbocycles. The summed E-state index contributed by atoms with van der Waals surface area (Å²) in [5.74, 6) is -2.91. The molecule has 102 valence electrons. The van der Waals surface area contributed by atoms with Gasteiger partial charge in [0.2, 0.25) is 0 Å². The molecular formula is C14H10O6. The Balaban J connectivity index is 2.75. The Hall–Kier alpha value is -3.02. The maximum atomic E-state index is 11.2. The van der Waals surface area contributed by atoms with E-state index in [-0.39, 0.29) is 33.8 Å². The van der Waals surface area contributed by atoms with Crippen LogP contribution in [0.4, 0.5) is 0 Å². The zero-order valence-electron chi connectivity index (χ0n) is 10.1. The first-order chi connectivity index (χ1) is 9.40. The highest BCUT2D eigenvalue weighted by atomic mass is 16.4. The van der Waals surface area contributed by atoms with Crippen LogP contribution in [0, 0.1) is 0 Å². The third-order valence-electron chi connectivity index (χ3n) is 2.77. The second-order valence-corrected chi connectivity index (χ2v) is 4.07. The van der Waals surface area contributed by atoms with Crippen molar-refractivity contribution in [2.45, 2.75) is 0 Å². The molecule has 0 saturated heterocycles. The minimum atomic E-state index is -1.26. The van der Waals surface area contributed by atoms with Crippen molar-refractivity contribution in [1.29, 1.82) is 0 Å². The number of phenols is 2. The average molecular weight is 274 g/mol. The number of hydrogen-bond donors (Lipinski definition) is 4. The van der Waals surface area contributed by atoms with Gasteiger partial charge in [0.25, 0.3) is 0 Å². The van der Waals surface area contributed by atoms with E-state index in [0.717, 1.165) is 18.2 Å². The Kier molecular flexibility index (Phi) is 3.30. The Bertz CT molecular complexity index is 705. The van der Waals surface area contributed by atoms with Gasteiger partial charge in [0.05, 0.1) is 11.1 Å². The number of aromatic carboxylic acids is 2. The predicted molar refractivity (Wildman–Crippen MR) is 69.1 cm³/mol. The summed E-state index contributed by atoms with van der Waals surface area (Å²) in [5.41, 5.74) is -0.222. The standard InChI is InChI=1S/C14H10O6/c15-8-2-4-12(16)11(6-8)10-5-7(13(17)18)1-3-9(10)14(19)20/h1-6,15-16H,(H,17,18)(H,19,20). The van der Waals surface area contributed by atoms with Gasteiger partial charge in [-0.15, -0.1) is 0 Å². The highest BCUT2D eigenvalue weighted by Gasteiger charge is 2.17. The second-order valence-electron chi connectivity index (χ2n) is 4.07. The van der Waals surface area contributed by atoms with Gasteiger partial charge in [0.15, 0.2) is 0 Å². The summed E-state index contributed by atoms with van der Waals surface area (Å²) in [6.07, 6.45) is 0. The molecule has 0 aromatic heterocycles. The SMILES string of the molecule is O=C(O)c1ccc(C(=O)O)c(-c2cc(O)ccc2O)c1. The maximum Gasteiger partial charge on any atom is 0.336 e. The number of carboxylic acid groups (broad SMARTS) is 2. The lowest BCUT2D eigenvalue weighted by Gasteiger charge is -2.10. The van der Waals surface area contributed by atoms with Crippen molar-refractivity contribution in [3.63, 3.8) is 0 Å². The summed E-state index contributed by atoms with van der Waals surface area (Å²) in [4.78, 5) is 22.1. The van der Waals surface area contributed by atoms with Crippen molar-refractivity contribution in [3.05, 3.63) is 47.5 Å². The quantitative estimate of drug-likeness (QED) is 0.637. The van der Waals surface area contributed by atoms with Crippen LogP contribution in [0.5, 0.6) is 11.5 Å². The molecule has 0 radical (unpaired) electrons. The monoisotopic (exact) mass is 274 g/mol. The molecule has 0 bridgehead atoms. The third-order valence-corrected chi connectivity index (χ3v) is 2.77. The van der Waals surface area contributed by atoms with E-state index in [4.69, 9.17) is 10.2 Å². The zero-order valence-corrected chi connectivity index (χ0v) is 10.1. The molecule has 0 aliphatic rings.